The highest BCUT2D eigenvalue weighted by molar-refractivity contribution is 8.14. The first-order valence-corrected chi connectivity index (χ1v) is 10.4. The molecule has 0 radical (unpaired) electrons. The zero-order valence-corrected chi connectivity index (χ0v) is 14.8. The van der Waals surface area contributed by atoms with Gasteiger partial charge in [0.05, 0.1) is 5.76 Å². The van der Waals surface area contributed by atoms with Gasteiger partial charge < -0.3 is 19.3 Å². The minimum Gasteiger partial charge on any atom is -0.472 e. The quantitative estimate of drug-likeness (QED) is 0.193. The first-order chi connectivity index (χ1) is 9.45. The lowest BCUT2D eigenvalue weighted by atomic mass is 10.4. The Morgan fingerprint density at radius 1 is 1.05 bits per heavy atom. The Hall–Kier alpha value is -0.150. The average molecular weight is 378 g/mol. The lowest BCUT2D eigenvalue weighted by molar-refractivity contribution is -0.145. The molecule has 0 fully saturated rings. The van der Waals surface area contributed by atoms with Crippen LogP contribution in [0.15, 0.2) is 24.5 Å². The molecule has 2 N–H and O–H groups in total. The van der Waals surface area contributed by atoms with Crippen molar-refractivity contribution >= 4 is 43.0 Å². The number of hydrogen-bond acceptors (Lipinski definition) is 8. The van der Waals surface area contributed by atoms with Crippen molar-refractivity contribution in [1.82, 2.24) is 0 Å². The summed E-state index contributed by atoms with van der Waals surface area (Å²) < 4.78 is 23.4. The average Bonchev–Trinajstić information content (AvgIpc) is 2.25. The van der Waals surface area contributed by atoms with Crippen molar-refractivity contribution in [2.24, 2.45) is 0 Å². The molecule has 0 aromatic rings. The van der Waals surface area contributed by atoms with Gasteiger partial charge in [-0.1, -0.05) is 13.2 Å². The lowest BCUT2D eigenvalue weighted by Gasteiger charge is -2.21. The van der Waals surface area contributed by atoms with Gasteiger partial charge in [-0.05, 0) is 37.5 Å². The summed E-state index contributed by atoms with van der Waals surface area (Å²) in [6.45, 7) is 0.828. The topological polar surface area (TPSA) is 104 Å². The first-order valence-electron chi connectivity index (χ1n) is 5.22. The fourth-order valence-electron chi connectivity index (χ4n) is 0.641. The Balaban J connectivity index is 4.28. The summed E-state index contributed by atoms with van der Waals surface area (Å²) in [6, 6.07) is 0. The molecule has 0 aliphatic carbocycles. The smallest absolute Gasteiger partial charge is 0.335 e. The van der Waals surface area contributed by atoms with Gasteiger partial charge in [0.25, 0.3) is 0 Å². The van der Waals surface area contributed by atoms with Crippen LogP contribution in [0.5, 0.6) is 0 Å². The molecule has 122 valence electrons. The number of carbonyl (C=O) groups excluding carboxylic acids is 1. The van der Waals surface area contributed by atoms with E-state index in [1.165, 1.54) is 6.92 Å². The SMILES string of the molecule is C=C(C)OCOP(O)(=S)OP(O)(=S)OCOC(=O)C(=C)C. The maximum Gasteiger partial charge on any atom is 0.335 e. The van der Waals surface area contributed by atoms with Crippen LogP contribution in [-0.4, -0.2) is 29.3 Å². The molecular formula is C9H16O8P2S2. The highest BCUT2D eigenvalue weighted by Gasteiger charge is 2.28. The van der Waals surface area contributed by atoms with Gasteiger partial charge in [0, 0.05) is 5.57 Å². The molecule has 2 atom stereocenters. The Labute approximate surface area is 132 Å². The molecule has 8 nitrogen and oxygen atoms in total. The van der Waals surface area contributed by atoms with Gasteiger partial charge in [-0.3, -0.25) is 9.05 Å². The standard InChI is InChI=1S/C9H16O8P2S2/c1-7(2)9(10)14-6-16-19(12,21)17-18(11,20)15-5-13-8(3)4/h1,3,5-6H2,2,4H3,(H,11,20)(H,12,21). The fraction of sp³-hybridized carbons (Fsp3) is 0.444. The third-order valence-electron chi connectivity index (χ3n) is 1.48. The van der Waals surface area contributed by atoms with Crippen LogP contribution in [-0.2, 0) is 51.2 Å². The van der Waals surface area contributed by atoms with E-state index in [9.17, 15) is 14.6 Å². The molecule has 0 amide bonds. The zero-order chi connectivity index (χ0) is 16.7. The molecular weight excluding hydrogens is 362 g/mol. The van der Waals surface area contributed by atoms with E-state index in [1.54, 1.807) is 6.92 Å². The van der Waals surface area contributed by atoms with Gasteiger partial charge in [-0.25, -0.2) is 9.11 Å². The third-order valence-corrected chi connectivity index (χ3v) is 5.83. The normalized spacial score (nSPS) is 16.4. The molecule has 0 saturated carbocycles. The highest BCUT2D eigenvalue weighted by atomic mass is 32.5. The Kier molecular flexibility index (Phi) is 9.03. The van der Waals surface area contributed by atoms with Crippen molar-refractivity contribution in [2.75, 3.05) is 13.6 Å². The van der Waals surface area contributed by atoms with E-state index >= 15 is 0 Å². The number of rotatable bonds is 10. The van der Waals surface area contributed by atoms with E-state index in [0.29, 0.717) is 5.76 Å². The van der Waals surface area contributed by atoms with E-state index in [-0.39, 0.29) is 5.57 Å². The second kappa shape index (κ2) is 9.09. The van der Waals surface area contributed by atoms with Crippen molar-refractivity contribution in [3.8, 4) is 0 Å². The van der Waals surface area contributed by atoms with E-state index in [1.807, 2.05) is 0 Å². The van der Waals surface area contributed by atoms with E-state index in [0.717, 1.165) is 0 Å². The predicted molar refractivity (Wildman–Crippen MR) is 82.8 cm³/mol. The summed E-state index contributed by atoms with van der Waals surface area (Å²) in [5, 5.41) is 0. The van der Waals surface area contributed by atoms with Crippen molar-refractivity contribution in [3.05, 3.63) is 24.5 Å². The van der Waals surface area contributed by atoms with Crippen LogP contribution in [0.4, 0.5) is 0 Å². The van der Waals surface area contributed by atoms with Crippen molar-refractivity contribution in [3.63, 3.8) is 0 Å². The summed E-state index contributed by atoms with van der Waals surface area (Å²) >= 11 is 9.18. The Morgan fingerprint density at radius 2 is 1.48 bits per heavy atom. The fourth-order valence-corrected chi connectivity index (χ4v) is 4.70. The number of carbonyl (C=O) groups is 1. The van der Waals surface area contributed by atoms with Gasteiger partial charge in [-0.15, -0.1) is 0 Å². The van der Waals surface area contributed by atoms with Crippen LogP contribution >= 0.6 is 13.4 Å². The molecule has 0 aromatic heterocycles. The molecule has 0 saturated heterocycles. The van der Waals surface area contributed by atoms with Crippen molar-refractivity contribution in [1.29, 1.82) is 0 Å². The van der Waals surface area contributed by atoms with Crippen LogP contribution in [0.2, 0.25) is 0 Å². The summed E-state index contributed by atoms with van der Waals surface area (Å²) in [4.78, 5) is 30.3. The minimum absolute atomic E-state index is 0.137. The molecule has 0 aliphatic rings. The van der Waals surface area contributed by atoms with E-state index in [2.05, 4.69) is 50.3 Å². The van der Waals surface area contributed by atoms with Gasteiger partial charge >= 0.3 is 19.4 Å². The number of ether oxygens (including phenoxy) is 2. The summed E-state index contributed by atoms with van der Waals surface area (Å²) in [6.07, 6.45) is 0. The molecule has 0 aliphatic heterocycles. The van der Waals surface area contributed by atoms with Crippen LogP contribution in [0.1, 0.15) is 13.8 Å². The summed E-state index contributed by atoms with van der Waals surface area (Å²) in [5.74, 6) is -0.407. The highest BCUT2D eigenvalue weighted by Crippen LogP contribution is 2.60. The van der Waals surface area contributed by atoms with Gasteiger partial charge in [0.1, 0.15) is 0 Å². The minimum atomic E-state index is -3.95. The maximum absolute atomic E-state index is 11.1. The van der Waals surface area contributed by atoms with Crippen molar-refractivity contribution < 1.29 is 37.4 Å². The monoisotopic (exact) mass is 378 g/mol. The Morgan fingerprint density at radius 3 is 1.86 bits per heavy atom. The summed E-state index contributed by atoms with van der Waals surface area (Å²) in [7, 11) is 0. The Bertz CT molecular complexity index is 506. The number of hydrogen-bond donors (Lipinski definition) is 2. The van der Waals surface area contributed by atoms with Crippen molar-refractivity contribution in [2.45, 2.75) is 13.8 Å². The van der Waals surface area contributed by atoms with Crippen LogP contribution in [0.25, 0.3) is 0 Å². The number of allylic oxidation sites excluding steroid dienone is 1. The predicted octanol–water partition coefficient (Wildman–Crippen LogP) is 2.05. The van der Waals surface area contributed by atoms with Gasteiger partial charge in [0.2, 0.25) is 6.79 Å². The van der Waals surface area contributed by atoms with Gasteiger partial charge in [-0.2, -0.15) is 0 Å². The largest absolute Gasteiger partial charge is 0.472 e. The molecule has 12 heteroatoms. The van der Waals surface area contributed by atoms with E-state index < -0.39 is 33.0 Å². The third kappa shape index (κ3) is 11.1. The second-order valence-electron chi connectivity index (χ2n) is 3.57. The molecule has 0 heterocycles. The second-order valence-corrected chi connectivity index (χ2v) is 9.38. The molecule has 21 heavy (non-hydrogen) atoms. The maximum atomic E-state index is 11.1. The van der Waals surface area contributed by atoms with Crippen LogP contribution in [0.3, 0.4) is 0 Å². The molecule has 0 aromatic carbocycles. The molecule has 0 bridgehead atoms. The van der Waals surface area contributed by atoms with Gasteiger partial charge in [0.15, 0.2) is 6.79 Å². The zero-order valence-electron chi connectivity index (χ0n) is 11.4. The van der Waals surface area contributed by atoms with Crippen LogP contribution < -0.4 is 0 Å². The summed E-state index contributed by atoms with van der Waals surface area (Å²) in [5.41, 5.74) is 0.137. The molecule has 2 unspecified atom stereocenters. The lowest BCUT2D eigenvalue weighted by Crippen LogP contribution is -2.08. The van der Waals surface area contributed by atoms with E-state index in [4.69, 9.17) is 9.26 Å². The molecule has 0 spiro atoms. The number of esters is 1. The van der Waals surface area contributed by atoms with Crippen LogP contribution in [0, 0.1) is 0 Å². The molecule has 0 rings (SSSR count). The first kappa shape index (κ1) is 20.9.